The Kier molecular flexibility index (Phi) is 6.40. The van der Waals surface area contributed by atoms with Crippen LogP contribution in [-0.4, -0.2) is 30.3 Å². The Balaban J connectivity index is 3.99. The van der Waals surface area contributed by atoms with E-state index in [2.05, 4.69) is 29.8 Å². The molecule has 0 fully saturated rings. The summed E-state index contributed by atoms with van der Waals surface area (Å²) >= 11 is 4.09. The van der Waals surface area contributed by atoms with Crippen LogP contribution in [0.3, 0.4) is 0 Å². The van der Waals surface area contributed by atoms with Crippen LogP contribution in [-0.2, 0) is 4.79 Å². The SMILES string of the molecule is C=C(N)CN[C@@H](CS)C(=O)NC(C)C. The van der Waals surface area contributed by atoms with E-state index in [9.17, 15) is 4.79 Å². The zero-order chi connectivity index (χ0) is 11.1. The minimum absolute atomic E-state index is 0.0590. The molecule has 0 unspecified atom stereocenters. The largest absolute Gasteiger partial charge is 0.401 e. The minimum Gasteiger partial charge on any atom is -0.401 e. The van der Waals surface area contributed by atoms with E-state index in [1.165, 1.54) is 0 Å². The Morgan fingerprint density at radius 1 is 1.57 bits per heavy atom. The van der Waals surface area contributed by atoms with Crippen molar-refractivity contribution in [1.29, 1.82) is 0 Å². The highest BCUT2D eigenvalue weighted by Crippen LogP contribution is 1.91. The van der Waals surface area contributed by atoms with Gasteiger partial charge in [-0.25, -0.2) is 0 Å². The van der Waals surface area contributed by atoms with Gasteiger partial charge in [0.05, 0.1) is 6.04 Å². The normalized spacial score (nSPS) is 12.6. The summed E-state index contributed by atoms with van der Waals surface area (Å²) in [6.45, 7) is 7.79. The maximum absolute atomic E-state index is 11.5. The molecule has 0 heterocycles. The summed E-state index contributed by atoms with van der Waals surface area (Å²) in [4.78, 5) is 11.5. The van der Waals surface area contributed by atoms with Crippen LogP contribution < -0.4 is 16.4 Å². The molecular weight excluding hydrogens is 198 g/mol. The van der Waals surface area contributed by atoms with Crippen molar-refractivity contribution in [3.8, 4) is 0 Å². The Morgan fingerprint density at radius 3 is 2.50 bits per heavy atom. The molecule has 0 saturated carbocycles. The fourth-order valence-electron chi connectivity index (χ4n) is 0.880. The second-order valence-electron chi connectivity index (χ2n) is 3.44. The molecule has 4 N–H and O–H groups in total. The molecule has 0 aromatic heterocycles. The molecule has 14 heavy (non-hydrogen) atoms. The predicted octanol–water partition coefficient (Wildman–Crippen LogP) is -0.129. The Morgan fingerprint density at radius 2 is 2.14 bits per heavy atom. The molecule has 82 valence electrons. The molecule has 0 aliphatic rings. The summed E-state index contributed by atoms with van der Waals surface area (Å²) in [5.41, 5.74) is 5.89. The van der Waals surface area contributed by atoms with Gasteiger partial charge in [0, 0.05) is 24.0 Å². The summed E-state index contributed by atoms with van der Waals surface area (Å²) < 4.78 is 0. The molecule has 0 rings (SSSR count). The van der Waals surface area contributed by atoms with Crippen molar-refractivity contribution < 1.29 is 4.79 Å². The smallest absolute Gasteiger partial charge is 0.238 e. The number of nitrogens with two attached hydrogens (primary N) is 1. The van der Waals surface area contributed by atoms with E-state index in [0.717, 1.165) is 0 Å². The maximum Gasteiger partial charge on any atom is 0.238 e. The summed E-state index contributed by atoms with van der Waals surface area (Å²) in [6.07, 6.45) is 0. The molecule has 1 atom stereocenters. The number of hydrogen-bond acceptors (Lipinski definition) is 4. The molecule has 5 heteroatoms. The van der Waals surface area contributed by atoms with Crippen molar-refractivity contribution in [2.24, 2.45) is 5.73 Å². The van der Waals surface area contributed by atoms with E-state index >= 15 is 0 Å². The van der Waals surface area contributed by atoms with Gasteiger partial charge < -0.3 is 11.1 Å². The maximum atomic E-state index is 11.5. The van der Waals surface area contributed by atoms with E-state index in [-0.39, 0.29) is 18.0 Å². The average molecular weight is 217 g/mol. The van der Waals surface area contributed by atoms with Crippen LogP contribution in [0.15, 0.2) is 12.3 Å². The molecule has 0 aromatic carbocycles. The number of hydrogen-bond donors (Lipinski definition) is 4. The fourth-order valence-corrected chi connectivity index (χ4v) is 1.17. The Bertz CT molecular complexity index is 206. The highest BCUT2D eigenvalue weighted by molar-refractivity contribution is 7.80. The zero-order valence-electron chi connectivity index (χ0n) is 8.71. The van der Waals surface area contributed by atoms with Crippen LogP contribution >= 0.6 is 12.6 Å². The fraction of sp³-hybridized carbons (Fsp3) is 0.667. The number of amides is 1. The lowest BCUT2D eigenvalue weighted by molar-refractivity contribution is -0.123. The van der Waals surface area contributed by atoms with Gasteiger partial charge in [0.1, 0.15) is 0 Å². The van der Waals surface area contributed by atoms with Crippen molar-refractivity contribution >= 4 is 18.5 Å². The number of carbonyl (C=O) groups excluding carboxylic acids is 1. The second-order valence-corrected chi connectivity index (χ2v) is 3.80. The van der Waals surface area contributed by atoms with Crippen molar-refractivity contribution in [3.63, 3.8) is 0 Å². The highest BCUT2D eigenvalue weighted by atomic mass is 32.1. The van der Waals surface area contributed by atoms with E-state index in [1.807, 2.05) is 13.8 Å². The van der Waals surface area contributed by atoms with Crippen LogP contribution in [0.2, 0.25) is 0 Å². The Hall–Kier alpha value is -0.680. The van der Waals surface area contributed by atoms with Gasteiger partial charge in [-0.2, -0.15) is 12.6 Å². The standard InChI is InChI=1S/C9H19N3OS/c1-6(2)12-9(13)8(5-14)11-4-7(3)10/h6,8,11,14H,3-5,10H2,1-2H3,(H,12,13)/t8-/m0/s1. The van der Waals surface area contributed by atoms with Crippen LogP contribution in [0.1, 0.15) is 13.8 Å². The summed E-state index contributed by atoms with van der Waals surface area (Å²) in [7, 11) is 0. The summed E-state index contributed by atoms with van der Waals surface area (Å²) in [6, 6.07) is -0.186. The van der Waals surface area contributed by atoms with Gasteiger partial charge in [-0.3, -0.25) is 10.1 Å². The van der Waals surface area contributed by atoms with E-state index in [1.54, 1.807) is 0 Å². The lowest BCUT2D eigenvalue weighted by atomic mass is 10.2. The monoisotopic (exact) mass is 217 g/mol. The number of thiol groups is 1. The molecule has 0 saturated heterocycles. The number of rotatable bonds is 6. The Labute approximate surface area is 90.7 Å². The van der Waals surface area contributed by atoms with E-state index < -0.39 is 0 Å². The first-order valence-electron chi connectivity index (χ1n) is 4.55. The van der Waals surface area contributed by atoms with Gasteiger partial charge in [0.2, 0.25) is 5.91 Å². The first kappa shape index (κ1) is 13.3. The third kappa shape index (κ3) is 5.88. The van der Waals surface area contributed by atoms with Crippen LogP contribution in [0, 0.1) is 0 Å². The van der Waals surface area contributed by atoms with Gasteiger partial charge in [0.15, 0.2) is 0 Å². The van der Waals surface area contributed by atoms with Crippen LogP contribution in [0.4, 0.5) is 0 Å². The third-order valence-electron chi connectivity index (χ3n) is 1.51. The molecule has 0 spiro atoms. The minimum atomic E-state index is -0.318. The molecule has 0 radical (unpaired) electrons. The zero-order valence-corrected chi connectivity index (χ0v) is 9.60. The molecule has 0 aliphatic carbocycles. The van der Waals surface area contributed by atoms with Crippen molar-refractivity contribution in [3.05, 3.63) is 12.3 Å². The van der Waals surface area contributed by atoms with Gasteiger partial charge in [-0.1, -0.05) is 6.58 Å². The number of carbonyl (C=O) groups is 1. The predicted molar refractivity (Wildman–Crippen MR) is 62.2 cm³/mol. The average Bonchev–Trinajstić information content (AvgIpc) is 2.03. The molecule has 0 aromatic rings. The topological polar surface area (TPSA) is 67.1 Å². The van der Waals surface area contributed by atoms with E-state index in [4.69, 9.17) is 5.73 Å². The summed E-state index contributed by atoms with van der Waals surface area (Å²) in [5.74, 6) is 0.377. The number of nitrogens with one attached hydrogen (secondary N) is 2. The lowest BCUT2D eigenvalue weighted by Crippen LogP contribution is -2.48. The van der Waals surface area contributed by atoms with Gasteiger partial charge in [0.25, 0.3) is 0 Å². The molecule has 1 amide bonds. The quantitative estimate of drug-likeness (QED) is 0.469. The van der Waals surface area contributed by atoms with E-state index in [0.29, 0.717) is 18.0 Å². The van der Waals surface area contributed by atoms with Gasteiger partial charge in [-0.05, 0) is 13.8 Å². The third-order valence-corrected chi connectivity index (χ3v) is 1.87. The molecular formula is C9H19N3OS. The van der Waals surface area contributed by atoms with Crippen molar-refractivity contribution in [2.45, 2.75) is 25.9 Å². The molecule has 0 bridgehead atoms. The van der Waals surface area contributed by atoms with Crippen LogP contribution in [0.25, 0.3) is 0 Å². The van der Waals surface area contributed by atoms with Crippen molar-refractivity contribution in [1.82, 2.24) is 10.6 Å². The van der Waals surface area contributed by atoms with Crippen molar-refractivity contribution in [2.75, 3.05) is 12.3 Å². The van der Waals surface area contributed by atoms with Gasteiger partial charge >= 0.3 is 0 Å². The lowest BCUT2D eigenvalue weighted by Gasteiger charge is -2.17. The second kappa shape index (κ2) is 6.73. The molecule has 4 nitrogen and oxygen atoms in total. The van der Waals surface area contributed by atoms with Gasteiger partial charge in [-0.15, -0.1) is 0 Å². The molecule has 0 aliphatic heterocycles. The first-order valence-corrected chi connectivity index (χ1v) is 5.18. The summed E-state index contributed by atoms with van der Waals surface area (Å²) in [5, 5.41) is 5.76. The highest BCUT2D eigenvalue weighted by Gasteiger charge is 2.16. The van der Waals surface area contributed by atoms with Crippen LogP contribution in [0.5, 0.6) is 0 Å². The first-order chi connectivity index (χ1) is 6.47.